The number of rotatable bonds is 5. The molecule has 3 rings (SSSR count). The van der Waals surface area contributed by atoms with Gasteiger partial charge in [-0.25, -0.2) is 0 Å². The van der Waals surface area contributed by atoms with Crippen molar-refractivity contribution in [3.05, 3.63) is 70.2 Å². The number of nitrogens with zero attached hydrogens (tertiary/aromatic N) is 1. The minimum atomic E-state index is 0.0604. The quantitative estimate of drug-likeness (QED) is 0.879. The highest BCUT2D eigenvalue weighted by Gasteiger charge is 2.21. The second kappa shape index (κ2) is 8.50. The molecule has 1 fully saturated rings. The first-order valence-electron chi connectivity index (χ1n) is 8.91. The van der Waals surface area contributed by atoms with Crippen molar-refractivity contribution in [2.24, 2.45) is 0 Å². The number of hydrogen-bond donors (Lipinski definition) is 1. The van der Waals surface area contributed by atoms with Crippen LogP contribution in [0.4, 0.5) is 0 Å². The molecule has 0 spiro atoms. The Morgan fingerprint density at radius 3 is 2.64 bits per heavy atom. The molecule has 1 aliphatic rings. The van der Waals surface area contributed by atoms with Gasteiger partial charge < -0.3 is 5.32 Å². The van der Waals surface area contributed by atoms with E-state index in [2.05, 4.69) is 41.4 Å². The predicted octanol–water partition coefficient (Wildman–Crippen LogP) is 3.97. The topological polar surface area (TPSA) is 32.3 Å². The van der Waals surface area contributed by atoms with Crippen molar-refractivity contribution in [1.29, 1.82) is 0 Å². The maximum Gasteiger partial charge on any atom is 0.224 e. The second-order valence-electron chi connectivity index (χ2n) is 6.88. The van der Waals surface area contributed by atoms with Crippen LogP contribution in [0, 0.1) is 6.92 Å². The van der Waals surface area contributed by atoms with Gasteiger partial charge in [0.2, 0.25) is 5.91 Å². The van der Waals surface area contributed by atoms with Crippen molar-refractivity contribution in [2.45, 2.75) is 38.8 Å². The van der Waals surface area contributed by atoms with Gasteiger partial charge in [0.05, 0.1) is 6.42 Å². The SMILES string of the molecule is Cc1cccc(CN2CCC(NC(=O)Cc3ccccc3Cl)CC2)c1. The van der Waals surface area contributed by atoms with Gasteiger partial charge in [-0.05, 0) is 37.0 Å². The number of carbonyl (C=O) groups is 1. The molecule has 4 heteroatoms. The predicted molar refractivity (Wildman–Crippen MR) is 103 cm³/mol. The summed E-state index contributed by atoms with van der Waals surface area (Å²) in [5, 5.41) is 3.82. The lowest BCUT2D eigenvalue weighted by atomic mass is 10.0. The maximum atomic E-state index is 12.3. The highest BCUT2D eigenvalue weighted by atomic mass is 35.5. The van der Waals surface area contributed by atoms with Gasteiger partial charge in [0.25, 0.3) is 0 Å². The Morgan fingerprint density at radius 2 is 1.92 bits per heavy atom. The van der Waals surface area contributed by atoms with Crippen molar-refractivity contribution in [1.82, 2.24) is 10.2 Å². The first-order valence-corrected chi connectivity index (χ1v) is 9.28. The minimum absolute atomic E-state index is 0.0604. The van der Waals surface area contributed by atoms with Crippen LogP contribution in [0.3, 0.4) is 0 Å². The van der Waals surface area contributed by atoms with E-state index in [4.69, 9.17) is 11.6 Å². The average molecular weight is 357 g/mol. The lowest BCUT2D eigenvalue weighted by Gasteiger charge is -2.32. The summed E-state index contributed by atoms with van der Waals surface area (Å²) in [5.74, 6) is 0.0604. The number of piperidine rings is 1. The Kier molecular flexibility index (Phi) is 6.11. The van der Waals surface area contributed by atoms with Gasteiger partial charge in [0.15, 0.2) is 0 Å². The van der Waals surface area contributed by atoms with E-state index in [0.29, 0.717) is 11.4 Å². The number of likely N-dealkylation sites (tertiary alicyclic amines) is 1. The van der Waals surface area contributed by atoms with Crippen molar-refractivity contribution in [2.75, 3.05) is 13.1 Å². The van der Waals surface area contributed by atoms with Crippen molar-refractivity contribution in [3.8, 4) is 0 Å². The molecular weight excluding hydrogens is 332 g/mol. The van der Waals surface area contributed by atoms with Crippen LogP contribution in [0.25, 0.3) is 0 Å². The minimum Gasteiger partial charge on any atom is -0.353 e. The molecule has 2 aromatic carbocycles. The standard InChI is InChI=1S/C21H25ClN2O/c1-16-5-4-6-17(13-16)15-24-11-9-19(10-12-24)23-21(25)14-18-7-2-3-8-20(18)22/h2-8,13,19H,9-12,14-15H2,1H3,(H,23,25). The van der Waals surface area contributed by atoms with Crippen LogP contribution in [0.1, 0.15) is 29.5 Å². The third-order valence-electron chi connectivity index (χ3n) is 4.75. The van der Waals surface area contributed by atoms with Crippen LogP contribution in [0.15, 0.2) is 48.5 Å². The molecule has 1 aliphatic heterocycles. The fraction of sp³-hybridized carbons (Fsp3) is 0.381. The molecule has 1 saturated heterocycles. The van der Waals surface area contributed by atoms with Gasteiger partial charge in [-0.1, -0.05) is 59.6 Å². The normalized spacial score (nSPS) is 15.9. The molecule has 0 aromatic heterocycles. The lowest BCUT2D eigenvalue weighted by molar-refractivity contribution is -0.121. The van der Waals surface area contributed by atoms with E-state index >= 15 is 0 Å². The molecule has 1 N–H and O–H groups in total. The second-order valence-corrected chi connectivity index (χ2v) is 7.28. The zero-order valence-electron chi connectivity index (χ0n) is 14.7. The lowest BCUT2D eigenvalue weighted by Crippen LogP contribution is -2.44. The van der Waals surface area contributed by atoms with Gasteiger partial charge in [-0.15, -0.1) is 0 Å². The largest absolute Gasteiger partial charge is 0.353 e. The Balaban J connectivity index is 1.44. The van der Waals surface area contributed by atoms with Gasteiger partial charge in [-0.2, -0.15) is 0 Å². The summed E-state index contributed by atoms with van der Waals surface area (Å²) in [5.41, 5.74) is 3.55. The molecule has 2 aromatic rings. The molecule has 25 heavy (non-hydrogen) atoms. The third kappa shape index (κ3) is 5.32. The molecule has 3 nitrogen and oxygen atoms in total. The summed E-state index contributed by atoms with van der Waals surface area (Å²) < 4.78 is 0. The van der Waals surface area contributed by atoms with Gasteiger partial charge >= 0.3 is 0 Å². The smallest absolute Gasteiger partial charge is 0.224 e. The summed E-state index contributed by atoms with van der Waals surface area (Å²) in [4.78, 5) is 14.7. The Bertz CT molecular complexity index is 723. The highest BCUT2D eigenvalue weighted by Crippen LogP contribution is 2.17. The average Bonchev–Trinajstić information content (AvgIpc) is 2.59. The summed E-state index contributed by atoms with van der Waals surface area (Å²) in [6, 6.07) is 16.5. The van der Waals surface area contributed by atoms with Gasteiger partial charge in [0.1, 0.15) is 0 Å². The van der Waals surface area contributed by atoms with Gasteiger partial charge in [-0.3, -0.25) is 9.69 Å². The summed E-state index contributed by atoms with van der Waals surface area (Å²) >= 11 is 6.13. The molecule has 1 amide bonds. The van der Waals surface area contributed by atoms with Crippen LogP contribution < -0.4 is 5.32 Å². The van der Waals surface area contributed by atoms with Crippen LogP contribution in [0.2, 0.25) is 5.02 Å². The fourth-order valence-electron chi connectivity index (χ4n) is 3.40. The molecule has 0 radical (unpaired) electrons. The molecule has 0 saturated carbocycles. The van der Waals surface area contributed by atoms with E-state index in [1.807, 2.05) is 24.3 Å². The highest BCUT2D eigenvalue weighted by molar-refractivity contribution is 6.31. The van der Waals surface area contributed by atoms with E-state index in [1.54, 1.807) is 0 Å². The molecule has 1 heterocycles. The summed E-state index contributed by atoms with van der Waals surface area (Å²) in [7, 11) is 0. The third-order valence-corrected chi connectivity index (χ3v) is 5.12. The first kappa shape index (κ1) is 18.0. The van der Waals surface area contributed by atoms with E-state index < -0.39 is 0 Å². The van der Waals surface area contributed by atoms with Crippen LogP contribution >= 0.6 is 11.6 Å². The van der Waals surface area contributed by atoms with E-state index in [9.17, 15) is 4.79 Å². The van der Waals surface area contributed by atoms with Crippen molar-refractivity contribution in [3.63, 3.8) is 0 Å². The fourth-order valence-corrected chi connectivity index (χ4v) is 3.60. The van der Waals surface area contributed by atoms with Crippen molar-refractivity contribution < 1.29 is 4.79 Å². The van der Waals surface area contributed by atoms with Crippen molar-refractivity contribution >= 4 is 17.5 Å². The van der Waals surface area contributed by atoms with Crippen LogP contribution in [-0.4, -0.2) is 29.9 Å². The number of hydrogen-bond acceptors (Lipinski definition) is 2. The molecule has 0 bridgehead atoms. The summed E-state index contributed by atoms with van der Waals surface area (Å²) in [6.07, 6.45) is 2.35. The molecule has 0 aliphatic carbocycles. The number of halogens is 1. The van der Waals surface area contributed by atoms with Crippen LogP contribution in [0.5, 0.6) is 0 Å². The number of amides is 1. The molecule has 0 unspecified atom stereocenters. The first-order chi connectivity index (χ1) is 12.1. The van der Waals surface area contributed by atoms with E-state index in [1.165, 1.54) is 11.1 Å². The molecule has 0 atom stereocenters. The van der Waals surface area contributed by atoms with Crippen LogP contribution in [-0.2, 0) is 17.8 Å². The monoisotopic (exact) mass is 356 g/mol. The molecule has 132 valence electrons. The zero-order chi connectivity index (χ0) is 17.6. The zero-order valence-corrected chi connectivity index (χ0v) is 15.4. The number of benzene rings is 2. The summed E-state index contributed by atoms with van der Waals surface area (Å²) in [6.45, 7) is 5.15. The molecular formula is C21H25ClN2O. The van der Waals surface area contributed by atoms with Gasteiger partial charge in [0, 0.05) is 30.7 Å². The number of aryl methyl sites for hydroxylation is 1. The Labute approximate surface area is 155 Å². The number of nitrogens with one attached hydrogen (secondary N) is 1. The Hall–Kier alpha value is -1.84. The van der Waals surface area contributed by atoms with E-state index in [0.717, 1.165) is 38.0 Å². The maximum absolute atomic E-state index is 12.3. The Morgan fingerprint density at radius 1 is 1.16 bits per heavy atom. The van der Waals surface area contributed by atoms with E-state index in [-0.39, 0.29) is 11.9 Å². The number of carbonyl (C=O) groups excluding carboxylic acids is 1.